The van der Waals surface area contributed by atoms with Crippen LogP contribution >= 0.6 is 11.6 Å². The van der Waals surface area contributed by atoms with E-state index in [0.717, 1.165) is 0 Å². The molecule has 0 saturated carbocycles. The Kier molecular flexibility index (Phi) is 5.84. The maximum absolute atomic E-state index is 13.3. The first kappa shape index (κ1) is 15.2. The van der Waals surface area contributed by atoms with Crippen molar-refractivity contribution in [2.75, 3.05) is 19.8 Å². The minimum absolute atomic E-state index is 0.0886. The number of hydrogen-bond acceptors (Lipinski definition) is 2. The van der Waals surface area contributed by atoms with Crippen molar-refractivity contribution < 1.29 is 22.3 Å². The summed E-state index contributed by atoms with van der Waals surface area (Å²) < 4.78 is 52.8. The lowest BCUT2D eigenvalue weighted by Gasteiger charge is -2.09. The number of nitrogens with one attached hydrogen (secondary N) is 1. The van der Waals surface area contributed by atoms with Crippen LogP contribution in [0.1, 0.15) is 5.56 Å². The third kappa shape index (κ3) is 6.18. The topological polar surface area (TPSA) is 21.3 Å². The van der Waals surface area contributed by atoms with Crippen molar-refractivity contribution in [3.8, 4) is 0 Å². The summed E-state index contributed by atoms with van der Waals surface area (Å²) in [7, 11) is 0. The first-order chi connectivity index (χ1) is 8.38. The van der Waals surface area contributed by atoms with Gasteiger partial charge in [0, 0.05) is 23.7 Å². The Morgan fingerprint density at radius 1 is 1.28 bits per heavy atom. The van der Waals surface area contributed by atoms with Gasteiger partial charge in [0.25, 0.3) is 0 Å². The van der Waals surface area contributed by atoms with Crippen LogP contribution in [0.2, 0.25) is 5.02 Å². The molecule has 0 fully saturated rings. The van der Waals surface area contributed by atoms with E-state index in [9.17, 15) is 17.6 Å². The lowest BCUT2D eigenvalue weighted by atomic mass is 10.2. The van der Waals surface area contributed by atoms with E-state index in [-0.39, 0.29) is 19.7 Å². The Morgan fingerprint density at radius 3 is 2.61 bits per heavy atom. The Bertz CT molecular complexity index is 384. The van der Waals surface area contributed by atoms with Gasteiger partial charge in [-0.05, 0) is 12.1 Å². The number of hydrogen-bond donors (Lipinski definition) is 1. The van der Waals surface area contributed by atoms with Crippen molar-refractivity contribution in [2.24, 2.45) is 0 Å². The Balaban J connectivity index is 2.18. The van der Waals surface area contributed by atoms with Crippen molar-refractivity contribution in [3.63, 3.8) is 0 Å². The second-order valence-corrected chi connectivity index (χ2v) is 4.02. The molecule has 102 valence electrons. The van der Waals surface area contributed by atoms with E-state index in [1.165, 1.54) is 12.1 Å². The van der Waals surface area contributed by atoms with Crippen LogP contribution in [0.3, 0.4) is 0 Å². The van der Waals surface area contributed by atoms with Crippen LogP contribution in [0.25, 0.3) is 0 Å². The van der Waals surface area contributed by atoms with E-state index in [1.807, 2.05) is 0 Å². The minimum Gasteiger partial charge on any atom is -0.371 e. The highest BCUT2D eigenvalue weighted by atomic mass is 35.5. The van der Waals surface area contributed by atoms with Gasteiger partial charge >= 0.3 is 6.18 Å². The molecule has 0 aliphatic carbocycles. The average Bonchev–Trinajstić information content (AvgIpc) is 2.24. The van der Waals surface area contributed by atoms with E-state index in [4.69, 9.17) is 11.6 Å². The first-order valence-electron chi connectivity index (χ1n) is 5.17. The molecule has 0 atom stereocenters. The molecule has 0 aromatic heterocycles. The minimum atomic E-state index is -4.32. The van der Waals surface area contributed by atoms with Gasteiger partial charge in [-0.15, -0.1) is 0 Å². The molecule has 0 amide bonds. The zero-order valence-corrected chi connectivity index (χ0v) is 10.1. The number of halogens is 5. The molecule has 1 N–H and O–H groups in total. The Labute approximate surface area is 107 Å². The van der Waals surface area contributed by atoms with Crippen LogP contribution in [0.15, 0.2) is 18.2 Å². The van der Waals surface area contributed by atoms with E-state index in [1.54, 1.807) is 6.07 Å². The van der Waals surface area contributed by atoms with Gasteiger partial charge < -0.3 is 10.1 Å². The van der Waals surface area contributed by atoms with Crippen LogP contribution < -0.4 is 5.32 Å². The maximum atomic E-state index is 13.3. The normalized spacial score (nSPS) is 11.8. The summed E-state index contributed by atoms with van der Waals surface area (Å²) in [5, 5.41) is 3.07. The second-order valence-electron chi connectivity index (χ2n) is 3.58. The number of alkyl halides is 3. The maximum Gasteiger partial charge on any atom is 0.411 e. The molecule has 0 aliphatic rings. The number of ether oxygens (including phenoxy) is 1. The molecule has 0 unspecified atom stereocenters. The quantitative estimate of drug-likeness (QED) is 0.640. The summed E-state index contributed by atoms with van der Waals surface area (Å²) >= 11 is 5.58. The lowest BCUT2D eigenvalue weighted by molar-refractivity contribution is -0.173. The van der Waals surface area contributed by atoms with Crippen LogP contribution in [0.4, 0.5) is 17.6 Å². The molecule has 2 nitrogen and oxygen atoms in total. The van der Waals surface area contributed by atoms with Gasteiger partial charge in [-0.2, -0.15) is 13.2 Å². The first-order valence-corrected chi connectivity index (χ1v) is 5.55. The van der Waals surface area contributed by atoms with Gasteiger partial charge in [0.1, 0.15) is 12.4 Å². The standard InChI is InChI=1S/C11H12ClF4NO/c12-9-2-1-8(10(13)5-9)6-17-3-4-18-7-11(14,15)16/h1-2,5,17H,3-4,6-7H2. The van der Waals surface area contributed by atoms with Crippen molar-refractivity contribution in [1.29, 1.82) is 0 Å². The molecule has 0 aliphatic heterocycles. The van der Waals surface area contributed by atoms with E-state index >= 15 is 0 Å². The smallest absolute Gasteiger partial charge is 0.371 e. The van der Waals surface area contributed by atoms with Gasteiger partial charge in [-0.1, -0.05) is 17.7 Å². The largest absolute Gasteiger partial charge is 0.411 e. The summed E-state index contributed by atoms with van der Waals surface area (Å²) in [6.07, 6.45) is -4.32. The van der Waals surface area contributed by atoms with E-state index in [2.05, 4.69) is 10.1 Å². The summed E-state index contributed by atoms with van der Waals surface area (Å²) in [6.45, 7) is -0.949. The van der Waals surface area contributed by atoms with Crippen molar-refractivity contribution in [1.82, 2.24) is 5.32 Å². The van der Waals surface area contributed by atoms with Gasteiger partial charge in [0.2, 0.25) is 0 Å². The molecule has 0 bridgehead atoms. The third-order valence-electron chi connectivity index (χ3n) is 2.02. The molecule has 0 saturated heterocycles. The Hall–Kier alpha value is -0.850. The molecule has 0 spiro atoms. The van der Waals surface area contributed by atoms with Crippen LogP contribution in [0.5, 0.6) is 0 Å². The fourth-order valence-electron chi connectivity index (χ4n) is 1.22. The molecule has 7 heteroatoms. The molecular weight excluding hydrogens is 274 g/mol. The highest BCUT2D eigenvalue weighted by Crippen LogP contribution is 2.15. The van der Waals surface area contributed by atoms with E-state index < -0.39 is 18.6 Å². The van der Waals surface area contributed by atoms with Crippen LogP contribution in [0, 0.1) is 5.82 Å². The number of benzene rings is 1. The fourth-order valence-corrected chi connectivity index (χ4v) is 1.38. The molecule has 18 heavy (non-hydrogen) atoms. The van der Waals surface area contributed by atoms with Gasteiger partial charge in [-0.25, -0.2) is 4.39 Å². The monoisotopic (exact) mass is 285 g/mol. The molecule has 1 aromatic carbocycles. The summed E-state index contributed by atoms with van der Waals surface area (Å²) in [6, 6.07) is 4.24. The highest BCUT2D eigenvalue weighted by molar-refractivity contribution is 6.30. The zero-order chi connectivity index (χ0) is 13.6. The fraction of sp³-hybridized carbons (Fsp3) is 0.455. The summed E-state index contributed by atoms with van der Waals surface area (Å²) in [5.74, 6) is -0.453. The molecule has 0 heterocycles. The SMILES string of the molecule is Fc1cc(Cl)ccc1CNCCOCC(F)(F)F. The molecule has 0 radical (unpaired) electrons. The third-order valence-corrected chi connectivity index (χ3v) is 2.25. The van der Waals surface area contributed by atoms with Crippen LogP contribution in [-0.4, -0.2) is 25.9 Å². The second kappa shape index (κ2) is 6.92. The van der Waals surface area contributed by atoms with Crippen molar-refractivity contribution >= 4 is 11.6 Å². The van der Waals surface area contributed by atoms with Crippen molar-refractivity contribution in [3.05, 3.63) is 34.6 Å². The lowest BCUT2D eigenvalue weighted by Crippen LogP contribution is -2.23. The van der Waals surface area contributed by atoms with Crippen molar-refractivity contribution in [2.45, 2.75) is 12.7 Å². The van der Waals surface area contributed by atoms with E-state index in [0.29, 0.717) is 10.6 Å². The van der Waals surface area contributed by atoms with Gasteiger partial charge in [0.15, 0.2) is 0 Å². The molecule has 1 aromatic rings. The van der Waals surface area contributed by atoms with Gasteiger partial charge in [-0.3, -0.25) is 0 Å². The highest BCUT2D eigenvalue weighted by Gasteiger charge is 2.27. The zero-order valence-electron chi connectivity index (χ0n) is 9.36. The molecule has 1 rings (SSSR count). The summed E-state index contributed by atoms with van der Waals surface area (Å²) in [4.78, 5) is 0. The molecular formula is C11H12ClF4NO. The predicted octanol–water partition coefficient (Wildman–Crippen LogP) is 3.15. The van der Waals surface area contributed by atoms with Crippen LogP contribution in [-0.2, 0) is 11.3 Å². The number of rotatable bonds is 6. The Morgan fingerprint density at radius 2 is 2.00 bits per heavy atom. The summed E-state index contributed by atoms with van der Waals surface area (Å²) in [5.41, 5.74) is 0.398. The average molecular weight is 286 g/mol. The predicted molar refractivity (Wildman–Crippen MR) is 60.0 cm³/mol. The van der Waals surface area contributed by atoms with Gasteiger partial charge in [0.05, 0.1) is 6.61 Å².